The summed E-state index contributed by atoms with van der Waals surface area (Å²) in [7, 11) is 0. The summed E-state index contributed by atoms with van der Waals surface area (Å²) in [6.45, 7) is 2.28. The average molecular weight is 217 g/mol. The predicted octanol–water partition coefficient (Wildman–Crippen LogP) is 1.55. The zero-order valence-electron chi connectivity index (χ0n) is 9.31. The molecule has 1 N–H and O–H groups in total. The number of hydrogen-bond acceptors (Lipinski definition) is 3. The van der Waals surface area contributed by atoms with Crippen LogP contribution in [0, 0.1) is 0 Å². The Labute approximate surface area is 94.8 Å². The molecule has 0 atom stereocenters. The first-order valence-corrected chi connectivity index (χ1v) is 5.51. The van der Waals surface area contributed by atoms with E-state index in [2.05, 4.69) is 15.3 Å². The molecule has 1 heterocycles. The standard InChI is InChI=1S/C12H15N3O/c1-2-3-12(16)13-7-10-6-11(9-4-5-9)15-8-14-10/h2-3,6,8-9H,4-5,7H2,1H3,(H,13,16)/b3-2+. The molecule has 0 aromatic carbocycles. The highest BCUT2D eigenvalue weighted by molar-refractivity contribution is 5.87. The average Bonchev–Trinajstić information content (AvgIpc) is 3.11. The normalized spacial score (nSPS) is 15.3. The minimum atomic E-state index is -0.0888. The number of nitrogens with zero attached hydrogens (tertiary/aromatic N) is 2. The molecule has 0 aliphatic heterocycles. The summed E-state index contributed by atoms with van der Waals surface area (Å²) in [5.41, 5.74) is 1.97. The van der Waals surface area contributed by atoms with Crippen molar-refractivity contribution < 1.29 is 4.79 Å². The number of aromatic nitrogens is 2. The summed E-state index contributed by atoms with van der Waals surface area (Å²) in [5.74, 6) is 0.530. The third-order valence-corrected chi connectivity index (χ3v) is 2.50. The molecule has 1 aromatic heterocycles. The van der Waals surface area contributed by atoms with Crippen LogP contribution in [-0.4, -0.2) is 15.9 Å². The number of hydrogen-bond donors (Lipinski definition) is 1. The van der Waals surface area contributed by atoms with E-state index in [0.29, 0.717) is 12.5 Å². The summed E-state index contributed by atoms with van der Waals surface area (Å²) in [5, 5.41) is 2.77. The molecule has 1 aromatic rings. The molecule has 1 fully saturated rings. The van der Waals surface area contributed by atoms with Crippen molar-refractivity contribution in [2.24, 2.45) is 0 Å². The van der Waals surface area contributed by atoms with Crippen LogP contribution in [0.1, 0.15) is 37.1 Å². The SMILES string of the molecule is C/C=C/C(=O)NCc1cc(C2CC2)ncn1. The van der Waals surface area contributed by atoms with Crippen LogP contribution in [0.4, 0.5) is 0 Å². The lowest BCUT2D eigenvalue weighted by molar-refractivity contribution is -0.116. The lowest BCUT2D eigenvalue weighted by atomic mass is 10.2. The maximum Gasteiger partial charge on any atom is 0.243 e. The Morgan fingerprint density at radius 3 is 3.06 bits per heavy atom. The van der Waals surface area contributed by atoms with E-state index in [1.165, 1.54) is 18.9 Å². The minimum absolute atomic E-state index is 0.0888. The predicted molar refractivity (Wildman–Crippen MR) is 60.7 cm³/mol. The van der Waals surface area contributed by atoms with Crippen LogP contribution >= 0.6 is 0 Å². The van der Waals surface area contributed by atoms with Gasteiger partial charge >= 0.3 is 0 Å². The zero-order chi connectivity index (χ0) is 11.4. The van der Waals surface area contributed by atoms with Crippen molar-refractivity contribution in [3.8, 4) is 0 Å². The number of nitrogens with one attached hydrogen (secondary N) is 1. The van der Waals surface area contributed by atoms with E-state index >= 15 is 0 Å². The number of allylic oxidation sites excluding steroid dienone is 1. The van der Waals surface area contributed by atoms with Gasteiger partial charge in [0.15, 0.2) is 0 Å². The molecule has 1 amide bonds. The van der Waals surface area contributed by atoms with Crippen LogP contribution in [0.25, 0.3) is 0 Å². The summed E-state index contributed by atoms with van der Waals surface area (Å²) in [4.78, 5) is 19.6. The molecule has 84 valence electrons. The first kappa shape index (κ1) is 10.8. The molecule has 2 rings (SSSR count). The molecule has 1 aliphatic rings. The van der Waals surface area contributed by atoms with Gasteiger partial charge in [0.25, 0.3) is 0 Å². The first-order valence-electron chi connectivity index (χ1n) is 5.51. The molecule has 4 nitrogen and oxygen atoms in total. The van der Waals surface area contributed by atoms with Gasteiger partial charge in [0.2, 0.25) is 5.91 Å². The molecule has 0 radical (unpaired) electrons. The van der Waals surface area contributed by atoms with Crippen LogP contribution in [0.2, 0.25) is 0 Å². The molecule has 0 unspecified atom stereocenters. The van der Waals surface area contributed by atoms with Crippen LogP contribution < -0.4 is 5.32 Å². The van der Waals surface area contributed by atoms with Gasteiger partial charge in [-0.25, -0.2) is 9.97 Å². The van der Waals surface area contributed by atoms with Crippen molar-refractivity contribution in [1.82, 2.24) is 15.3 Å². The zero-order valence-corrected chi connectivity index (χ0v) is 9.31. The first-order chi connectivity index (χ1) is 7.79. The molecular weight excluding hydrogens is 202 g/mol. The highest BCUT2D eigenvalue weighted by Gasteiger charge is 2.25. The summed E-state index contributed by atoms with van der Waals surface area (Å²) in [6, 6.07) is 1.98. The molecule has 16 heavy (non-hydrogen) atoms. The fourth-order valence-corrected chi connectivity index (χ4v) is 1.50. The second kappa shape index (κ2) is 4.88. The maximum absolute atomic E-state index is 11.2. The van der Waals surface area contributed by atoms with Crippen molar-refractivity contribution in [2.45, 2.75) is 32.2 Å². The Balaban J connectivity index is 1.93. The van der Waals surface area contributed by atoms with Gasteiger partial charge in [0.05, 0.1) is 12.2 Å². The Bertz CT molecular complexity index is 410. The second-order valence-electron chi connectivity index (χ2n) is 3.93. The van der Waals surface area contributed by atoms with Gasteiger partial charge in [-0.2, -0.15) is 0 Å². The summed E-state index contributed by atoms with van der Waals surface area (Å²) in [6.07, 6.45) is 7.24. The summed E-state index contributed by atoms with van der Waals surface area (Å²) >= 11 is 0. The van der Waals surface area contributed by atoms with Gasteiger partial charge in [0.1, 0.15) is 6.33 Å². The van der Waals surface area contributed by atoms with Gasteiger partial charge in [-0.1, -0.05) is 6.08 Å². The van der Waals surface area contributed by atoms with E-state index in [9.17, 15) is 4.79 Å². The largest absolute Gasteiger partial charge is 0.347 e. The number of amides is 1. The van der Waals surface area contributed by atoms with Crippen molar-refractivity contribution >= 4 is 5.91 Å². The third kappa shape index (κ3) is 2.89. The van der Waals surface area contributed by atoms with E-state index in [1.807, 2.05) is 13.0 Å². The number of rotatable bonds is 4. The summed E-state index contributed by atoms with van der Waals surface area (Å²) < 4.78 is 0. The fourth-order valence-electron chi connectivity index (χ4n) is 1.50. The van der Waals surface area contributed by atoms with Crippen LogP contribution in [0.15, 0.2) is 24.5 Å². The number of carbonyl (C=O) groups is 1. The van der Waals surface area contributed by atoms with Crippen LogP contribution in [0.3, 0.4) is 0 Å². The van der Waals surface area contributed by atoms with Gasteiger partial charge in [-0.15, -0.1) is 0 Å². The Morgan fingerprint density at radius 2 is 2.38 bits per heavy atom. The molecule has 0 spiro atoms. The highest BCUT2D eigenvalue weighted by Crippen LogP contribution is 2.38. The van der Waals surface area contributed by atoms with Gasteiger partial charge in [-0.3, -0.25) is 4.79 Å². The third-order valence-electron chi connectivity index (χ3n) is 2.50. The van der Waals surface area contributed by atoms with Crippen molar-refractivity contribution in [1.29, 1.82) is 0 Å². The van der Waals surface area contributed by atoms with E-state index in [0.717, 1.165) is 11.4 Å². The van der Waals surface area contributed by atoms with Crippen molar-refractivity contribution in [2.75, 3.05) is 0 Å². The van der Waals surface area contributed by atoms with Crippen LogP contribution in [-0.2, 0) is 11.3 Å². The second-order valence-corrected chi connectivity index (χ2v) is 3.93. The molecule has 0 saturated heterocycles. The Kier molecular flexibility index (Phi) is 3.29. The Hall–Kier alpha value is -1.71. The lowest BCUT2D eigenvalue weighted by Crippen LogP contribution is -2.21. The molecule has 0 bridgehead atoms. The molecule has 4 heteroatoms. The van der Waals surface area contributed by atoms with E-state index < -0.39 is 0 Å². The lowest BCUT2D eigenvalue weighted by Gasteiger charge is -2.03. The monoisotopic (exact) mass is 217 g/mol. The van der Waals surface area contributed by atoms with Crippen molar-refractivity contribution in [3.05, 3.63) is 35.9 Å². The topological polar surface area (TPSA) is 54.9 Å². The highest BCUT2D eigenvalue weighted by atomic mass is 16.1. The number of carbonyl (C=O) groups excluding carboxylic acids is 1. The van der Waals surface area contributed by atoms with Crippen molar-refractivity contribution in [3.63, 3.8) is 0 Å². The van der Waals surface area contributed by atoms with E-state index in [4.69, 9.17) is 0 Å². The van der Waals surface area contributed by atoms with Gasteiger partial charge in [0, 0.05) is 11.6 Å². The van der Waals surface area contributed by atoms with Gasteiger partial charge < -0.3 is 5.32 Å². The van der Waals surface area contributed by atoms with E-state index in [-0.39, 0.29) is 5.91 Å². The smallest absolute Gasteiger partial charge is 0.243 e. The molecule has 1 aliphatic carbocycles. The maximum atomic E-state index is 11.2. The van der Waals surface area contributed by atoms with Gasteiger partial charge in [-0.05, 0) is 31.9 Å². The quantitative estimate of drug-likeness (QED) is 0.778. The fraction of sp³-hybridized carbons (Fsp3) is 0.417. The van der Waals surface area contributed by atoms with Crippen LogP contribution in [0.5, 0.6) is 0 Å². The van der Waals surface area contributed by atoms with E-state index in [1.54, 1.807) is 12.4 Å². The molecule has 1 saturated carbocycles. The minimum Gasteiger partial charge on any atom is -0.347 e. The Morgan fingerprint density at radius 1 is 1.56 bits per heavy atom. The molecular formula is C12H15N3O.